The van der Waals surface area contributed by atoms with Crippen molar-refractivity contribution in [3.05, 3.63) is 90.0 Å². The molecule has 0 aromatic heterocycles. The Morgan fingerprint density at radius 3 is 2.15 bits per heavy atom. The van der Waals surface area contributed by atoms with Gasteiger partial charge < -0.3 is 9.47 Å². The highest BCUT2D eigenvalue weighted by atomic mass is 16.5. The van der Waals surface area contributed by atoms with Crippen LogP contribution in [-0.4, -0.2) is 20.4 Å². The van der Waals surface area contributed by atoms with Crippen LogP contribution in [0.4, 0.5) is 5.69 Å². The molecule has 0 aliphatic carbocycles. The van der Waals surface area contributed by atoms with Gasteiger partial charge >= 0.3 is 0 Å². The molecule has 0 bridgehead atoms. The van der Waals surface area contributed by atoms with Crippen molar-refractivity contribution in [3.63, 3.8) is 0 Å². The molecule has 0 saturated carbocycles. The zero-order valence-electron chi connectivity index (χ0n) is 15.0. The molecule has 3 aromatic carbocycles. The van der Waals surface area contributed by atoms with E-state index in [0.717, 1.165) is 11.3 Å². The van der Waals surface area contributed by atoms with Crippen molar-refractivity contribution < 1.29 is 9.47 Å². The van der Waals surface area contributed by atoms with Crippen molar-refractivity contribution in [2.75, 3.05) is 19.2 Å². The van der Waals surface area contributed by atoms with Crippen molar-refractivity contribution >= 4 is 11.9 Å². The van der Waals surface area contributed by atoms with Crippen LogP contribution < -0.4 is 14.5 Å². The molecule has 0 heterocycles. The molecule has 0 aliphatic heterocycles. The number of nitrogens with zero attached hydrogens (tertiary/aromatic N) is 2. The van der Waals surface area contributed by atoms with Gasteiger partial charge in [0.2, 0.25) is 0 Å². The summed E-state index contributed by atoms with van der Waals surface area (Å²) in [4.78, 5) is 0. The SMILES string of the molecule is COc1cccc(/C=N/N(Cc2ccccc2)c2ccccc2)c1OC. The normalized spacial score (nSPS) is 10.7. The maximum Gasteiger partial charge on any atom is 0.169 e. The van der Waals surface area contributed by atoms with E-state index in [0.29, 0.717) is 18.0 Å². The Labute approximate surface area is 154 Å². The summed E-state index contributed by atoms with van der Waals surface area (Å²) < 4.78 is 10.9. The Morgan fingerprint density at radius 2 is 1.50 bits per heavy atom. The first-order valence-electron chi connectivity index (χ1n) is 8.43. The summed E-state index contributed by atoms with van der Waals surface area (Å²) in [5, 5.41) is 6.68. The third-order valence-electron chi connectivity index (χ3n) is 4.00. The molecule has 0 fully saturated rings. The Hall–Kier alpha value is -3.27. The van der Waals surface area contributed by atoms with Crippen LogP contribution in [-0.2, 0) is 6.54 Å². The number of hydrogen-bond acceptors (Lipinski definition) is 4. The fourth-order valence-corrected chi connectivity index (χ4v) is 2.70. The number of rotatable bonds is 7. The molecule has 0 saturated heterocycles. The summed E-state index contributed by atoms with van der Waals surface area (Å²) in [6.07, 6.45) is 1.80. The van der Waals surface area contributed by atoms with Crippen LogP contribution in [0.1, 0.15) is 11.1 Å². The van der Waals surface area contributed by atoms with Gasteiger partial charge in [-0.25, -0.2) is 0 Å². The van der Waals surface area contributed by atoms with Crippen LogP contribution in [0.5, 0.6) is 11.5 Å². The number of hydrogen-bond donors (Lipinski definition) is 0. The monoisotopic (exact) mass is 346 g/mol. The van der Waals surface area contributed by atoms with Gasteiger partial charge in [-0.3, -0.25) is 5.01 Å². The molecule has 0 N–H and O–H groups in total. The van der Waals surface area contributed by atoms with Crippen LogP contribution >= 0.6 is 0 Å². The zero-order chi connectivity index (χ0) is 18.2. The molecule has 4 heteroatoms. The molecular formula is C22H22N2O2. The van der Waals surface area contributed by atoms with E-state index in [4.69, 9.17) is 14.6 Å². The van der Waals surface area contributed by atoms with Gasteiger partial charge in [-0.1, -0.05) is 54.6 Å². The number of anilines is 1. The van der Waals surface area contributed by atoms with E-state index in [2.05, 4.69) is 12.1 Å². The molecule has 0 atom stereocenters. The summed E-state index contributed by atoms with van der Waals surface area (Å²) in [5.41, 5.74) is 3.07. The first-order valence-corrected chi connectivity index (χ1v) is 8.43. The largest absolute Gasteiger partial charge is 0.493 e. The topological polar surface area (TPSA) is 34.1 Å². The Morgan fingerprint density at radius 1 is 0.808 bits per heavy atom. The summed E-state index contributed by atoms with van der Waals surface area (Å²) in [6.45, 7) is 0.674. The van der Waals surface area contributed by atoms with Gasteiger partial charge in [0.1, 0.15) is 0 Å². The van der Waals surface area contributed by atoms with Gasteiger partial charge in [0.25, 0.3) is 0 Å². The first-order chi connectivity index (χ1) is 12.8. The smallest absolute Gasteiger partial charge is 0.169 e. The lowest BCUT2D eigenvalue weighted by Crippen LogP contribution is -2.16. The molecule has 3 rings (SSSR count). The van der Waals surface area contributed by atoms with Gasteiger partial charge in [0.15, 0.2) is 11.5 Å². The average Bonchev–Trinajstić information content (AvgIpc) is 2.72. The van der Waals surface area contributed by atoms with Crippen molar-refractivity contribution in [3.8, 4) is 11.5 Å². The van der Waals surface area contributed by atoms with Crippen LogP contribution in [0.25, 0.3) is 0 Å². The lowest BCUT2D eigenvalue weighted by Gasteiger charge is -2.19. The lowest BCUT2D eigenvalue weighted by atomic mass is 10.2. The molecule has 0 radical (unpaired) electrons. The van der Waals surface area contributed by atoms with E-state index < -0.39 is 0 Å². The molecule has 0 unspecified atom stereocenters. The highest BCUT2D eigenvalue weighted by molar-refractivity contribution is 5.85. The van der Waals surface area contributed by atoms with E-state index in [9.17, 15) is 0 Å². The highest BCUT2D eigenvalue weighted by Crippen LogP contribution is 2.29. The fraction of sp³-hybridized carbons (Fsp3) is 0.136. The van der Waals surface area contributed by atoms with Gasteiger partial charge in [-0.15, -0.1) is 0 Å². The number of hydrazone groups is 1. The maximum atomic E-state index is 5.49. The van der Waals surface area contributed by atoms with Crippen molar-refractivity contribution in [2.24, 2.45) is 5.10 Å². The van der Waals surface area contributed by atoms with Crippen LogP contribution in [0.3, 0.4) is 0 Å². The fourth-order valence-electron chi connectivity index (χ4n) is 2.70. The maximum absolute atomic E-state index is 5.49. The number of para-hydroxylation sites is 2. The van der Waals surface area contributed by atoms with E-state index >= 15 is 0 Å². The number of benzene rings is 3. The van der Waals surface area contributed by atoms with E-state index in [1.807, 2.05) is 71.7 Å². The van der Waals surface area contributed by atoms with Crippen LogP contribution in [0.15, 0.2) is 84.0 Å². The first kappa shape index (κ1) is 17.5. The second-order valence-corrected chi connectivity index (χ2v) is 5.71. The van der Waals surface area contributed by atoms with E-state index in [-0.39, 0.29) is 0 Å². The minimum Gasteiger partial charge on any atom is -0.493 e. The third kappa shape index (κ3) is 4.22. The van der Waals surface area contributed by atoms with Crippen LogP contribution in [0.2, 0.25) is 0 Å². The molecule has 0 spiro atoms. The molecule has 4 nitrogen and oxygen atoms in total. The van der Waals surface area contributed by atoms with E-state index in [1.165, 1.54) is 5.56 Å². The minimum atomic E-state index is 0.673. The quantitative estimate of drug-likeness (QED) is 0.457. The zero-order valence-corrected chi connectivity index (χ0v) is 15.0. The number of methoxy groups -OCH3 is 2. The highest BCUT2D eigenvalue weighted by Gasteiger charge is 2.09. The molecular weight excluding hydrogens is 324 g/mol. The van der Waals surface area contributed by atoms with Crippen molar-refractivity contribution in [2.45, 2.75) is 6.54 Å². The summed E-state index contributed by atoms with van der Waals surface area (Å²) in [5.74, 6) is 1.36. The standard InChI is InChI=1S/C22H22N2O2/c1-25-21-15-9-12-19(22(21)26-2)16-23-24(20-13-7-4-8-14-20)17-18-10-5-3-6-11-18/h3-16H,17H2,1-2H3/b23-16+. The van der Waals surface area contributed by atoms with Gasteiger partial charge in [0.05, 0.1) is 32.7 Å². The second kappa shape index (κ2) is 8.72. The lowest BCUT2D eigenvalue weighted by molar-refractivity contribution is 0.354. The van der Waals surface area contributed by atoms with E-state index in [1.54, 1.807) is 20.4 Å². The Balaban J connectivity index is 1.92. The molecule has 0 amide bonds. The van der Waals surface area contributed by atoms with Gasteiger partial charge in [-0.05, 0) is 29.8 Å². The Kier molecular flexibility index (Phi) is 5.88. The average molecular weight is 346 g/mol. The Bertz CT molecular complexity index is 849. The summed E-state index contributed by atoms with van der Waals surface area (Å²) >= 11 is 0. The molecule has 132 valence electrons. The summed E-state index contributed by atoms with van der Waals surface area (Å²) in [6, 6.07) is 26.1. The van der Waals surface area contributed by atoms with Crippen molar-refractivity contribution in [1.29, 1.82) is 0 Å². The van der Waals surface area contributed by atoms with Gasteiger partial charge in [0, 0.05) is 5.56 Å². The predicted octanol–water partition coefficient (Wildman–Crippen LogP) is 4.74. The molecule has 0 aliphatic rings. The number of ether oxygens (including phenoxy) is 2. The minimum absolute atomic E-state index is 0.673. The van der Waals surface area contributed by atoms with Crippen LogP contribution in [0, 0.1) is 0 Å². The second-order valence-electron chi connectivity index (χ2n) is 5.71. The molecule has 26 heavy (non-hydrogen) atoms. The van der Waals surface area contributed by atoms with Gasteiger partial charge in [-0.2, -0.15) is 5.10 Å². The summed E-state index contributed by atoms with van der Waals surface area (Å²) in [7, 11) is 3.26. The third-order valence-corrected chi connectivity index (χ3v) is 4.00. The predicted molar refractivity (Wildman–Crippen MR) is 106 cm³/mol. The molecule has 3 aromatic rings. The van der Waals surface area contributed by atoms with Crippen molar-refractivity contribution in [1.82, 2.24) is 0 Å².